The molecule has 0 aliphatic rings. The number of halogens is 1. The number of nitrogens with zero attached hydrogens (tertiary/aromatic N) is 4. The number of pyridine rings is 1. The summed E-state index contributed by atoms with van der Waals surface area (Å²) in [4.78, 5) is 7.93. The van der Waals surface area contributed by atoms with Gasteiger partial charge in [0.05, 0.1) is 12.2 Å². The number of nitrogens with two attached hydrogens (primary N) is 1. The van der Waals surface area contributed by atoms with Gasteiger partial charge in [0.15, 0.2) is 0 Å². The molecule has 1 unspecified atom stereocenters. The van der Waals surface area contributed by atoms with Gasteiger partial charge in [0, 0.05) is 24.2 Å². The zero-order chi connectivity index (χ0) is 13.8. The standard InChI is InChI=1S/C12H17FN6/c1-8(2)19-12(16-7-17-19)5-11(18-14)9-3-4-15-6-10(9)13/h3-4,6-8,11,18H,5,14H2,1-2H3. The minimum atomic E-state index is -0.388. The molecule has 2 aromatic rings. The summed E-state index contributed by atoms with van der Waals surface area (Å²) in [6, 6.07) is 1.43. The first kappa shape index (κ1) is 13.6. The van der Waals surface area contributed by atoms with Gasteiger partial charge in [-0.25, -0.2) is 14.1 Å². The Bertz CT molecular complexity index is 539. The first-order chi connectivity index (χ1) is 9.13. The third kappa shape index (κ3) is 2.94. The second kappa shape index (κ2) is 5.85. The number of hydrogen-bond acceptors (Lipinski definition) is 5. The Kier molecular flexibility index (Phi) is 4.18. The molecule has 0 saturated carbocycles. The molecule has 0 aromatic carbocycles. The van der Waals surface area contributed by atoms with Crippen LogP contribution in [0.5, 0.6) is 0 Å². The molecule has 0 spiro atoms. The predicted octanol–water partition coefficient (Wildman–Crippen LogP) is 1.14. The number of hydrazine groups is 1. The summed E-state index contributed by atoms with van der Waals surface area (Å²) in [6.07, 6.45) is 4.66. The lowest BCUT2D eigenvalue weighted by Crippen LogP contribution is -2.31. The van der Waals surface area contributed by atoms with E-state index in [4.69, 9.17) is 5.84 Å². The second-order valence-electron chi connectivity index (χ2n) is 4.54. The quantitative estimate of drug-likeness (QED) is 0.625. The van der Waals surface area contributed by atoms with Crippen molar-refractivity contribution in [3.05, 3.63) is 42.0 Å². The minimum Gasteiger partial charge on any atom is -0.271 e. The van der Waals surface area contributed by atoms with Gasteiger partial charge in [-0.15, -0.1) is 0 Å². The Balaban J connectivity index is 2.25. The van der Waals surface area contributed by atoms with Gasteiger partial charge in [-0.05, 0) is 19.9 Å². The van der Waals surface area contributed by atoms with Gasteiger partial charge < -0.3 is 0 Å². The van der Waals surface area contributed by atoms with Gasteiger partial charge in [-0.3, -0.25) is 16.3 Å². The molecule has 19 heavy (non-hydrogen) atoms. The Hall–Kier alpha value is -1.86. The lowest BCUT2D eigenvalue weighted by Gasteiger charge is -2.17. The molecule has 2 heterocycles. The molecule has 0 saturated heterocycles. The molecule has 0 bridgehead atoms. The Morgan fingerprint density at radius 1 is 1.47 bits per heavy atom. The van der Waals surface area contributed by atoms with E-state index in [0.717, 1.165) is 5.82 Å². The van der Waals surface area contributed by atoms with E-state index in [-0.39, 0.29) is 17.9 Å². The maximum Gasteiger partial charge on any atom is 0.146 e. The summed E-state index contributed by atoms with van der Waals surface area (Å²) in [5.41, 5.74) is 3.08. The van der Waals surface area contributed by atoms with Crippen molar-refractivity contribution in [2.24, 2.45) is 5.84 Å². The molecule has 0 aliphatic carbocycles. The van der Waals surface area contributed by atoms with Gasteiger partial charge in [0.2, 0.25) is 0 Å². The molecule has 6 nitrogen and oxygen atoms in total. The van der Waals surface area contributed by atoms with Gasteiger partial charge >= 0.3 is 0 Å². The number of rotatable bonds is 5. The normalized spacial score (nSPS) is 12.9. The van der Waals surface area contributed by atoms with E-state index in [0.29, 0.717) is 12.0 Å². The van der Waals surface area contributed by atoms with Crippen molar-refractivity contribution in [2.45, 2.75) is 32.4 Å². The molecule has 2 aromatic heterocycles. The summed E-state index contributed by atoms with van der Waals surface area (Å²) in [5, 5.41) is 4.15. The first-order valence-corrected chi connectivity index (χ1v) is 6.07. The van der Waals surface area contributed by atoms with Crippen LogP contribution in [0.3, 0.4) is 0 Å². The molecule has 1 atom stereocenters. The monoisotopic (exact) mass is 264 g/mol. The number of aromatic nitrogens is 4. The molecule has 0 fully saturated rings. The van der Waals surface area contributed by atoms with Gasteiger partial charge in [-0.2, -0.15) is 5.10 Å². The van der Waals surface area contributed by atoms with E-state index in [1.54, 1.807) is 10.7 Å². The highest BCUT2D eigenvalue weighted by Gasteiger charge is 2.18. The van der Waals surface area contributed by atoms with Crippen molar-refractivity contribution in [1.82, 2.24) is 25.2 Å². The van der Waals surface area contributed by atoms with E-state index in [1.165, 1.54) is 18.7 Å². The largest absolute Gasteiger partial charge is 0.271 e. The highest BCUT2D eigenvalue weighted by Crippen LogP contribution is 2.19. The fraction of sp³-hybridized carbons (Fsp3) is 0.417. The van der Waals surface area contributed by atoms with Crippen LogP contribution < -0.4 is 11.3 Å². The van der Waals surface area contributed by atoms with Crippen molar-refractivity contribution in [1.29, 1.82) is 0 Å². The van der Waals surface area contributed by atoms with Gasteiger partial charge in [-0.1, -0.05) is 0 Å². The highest BCUT2D eigenvalue weighted by molar-refractivity contribution is 5.18. The summed E-state index contributed by atoms with van der Waals surface area (Å²) in [6.45, 7) is 4.02. The van der Waals surface area contributed by atoms with Gasteiger partial charge in [0.25, 0.3) is 0 Å². The van der Waals surface area contributed by atoms with E-state index < -0.39 is 0 Å². The fourth-order valence-electron chi connectivity index (χ4n) is 1.96. The first-order valence-electron chi connectivity index (χ1n) is 6.07. The van der Waals surface area contributed by atoms with Crippen molar-refractivity contribution in [3.8, 4) is 0 Å². The van der Waals surface area contributed by atoms with Crippen LogP contribution in [0.1, 0.15) is 37.3 Å². The Labute approximate surface area is 110 Å². The van der Waals surface area contributed by atoms with Crippen molar-refractivity contribution < 1.29 is 4.39 Å². The molecule has 0 aliphatic heterocycles. The van der Waals surface area contributed by atoms with Crippen LogP contribution in [0.4, 0.5) is 4.39 Å². The van der Waals surface area contributed by atoms with Crippen LogP contribution in [0.2, 0.25) is 0 Å². The van der Waals surface area contributed by atoms with Crippen molar-refractivity contribution >= 4 is 0 Å². The second-order valence-corrected chi connectivity index (χ2v) is 4.54. The Morgan fingerprint density at radius 2 is 2.26 bits per heavy atom. The zero-order valence-corrected chi connectivity index (χ0v) is 10.9. The fourth-order valence-corrected chi connectivity index (χ4v) is 1.96. The van der Waals surface area contributed by atoms with Crippen molar-refractivity contribution in [2.75, 3.05) is 0 Å². The average molecular weight is 264 g/mol. The predicted molar refractivity (Wildman–Crippen MR) is 68.4 cm³/mol. The molecule has 0 radical (unpaired) electrons. The summed E-state index contributed by atoms with van der Waals surface area (Å²) in [7, 11) is 0. The maximum absolute atomic E-state index is 13.7. The lowest BCUT2D eigenvalue weighted by molar-refractivity contribution is 0.457. The van der Waals surface area contributed by atoms with E-state index in [1.807, 2.05) is 13.8 Å². The third-order valence-electron chi connectivity index (χ3n) is 2.90. The van der Waals surface area contributed by atoms with Crippen LogP contribution in [0.15, 0.2) is 24.8 Å². The zero-order valence-electron chi connectivity index (χ0n) is 10.9. The number of hydrogen-bond donors (Lipinski definition) is 2. The van der Waals surface area contributed by atoms with Crippen molar-refractivity contribution in [3.63, 3.8) is 0 Å². The van der Waals surface area contributed by atoms with Crippen LogP contribution in [0, 0.1) is 5.82 Å². The van der Waals surface area contributed by atoms with E-state index in [9.17, 15) is 4.39 Å². The molecule has 7 heteroatoms. The van der Waals surface area contributed by atoms with Gasteiger partial charge in [0.1, 0.15) is 18.0 Å². The lowest BCUT2D eigenvalue weighted by atomic mass is 10.0. The minimum absolute atomic E-state index is 0.193. The van der Waals surface area contributed by atoms with E-state index >= 15 is 0 Å². The third-order valence-corrected chi connectivity index (χ3v) is 2.90. The summed E-state index contributed by atoms with van der Waals surface area (Å²) in [5.74, 6) is 5.89. The topological polar surface area (TPSA) is 81.7 Å². The maximum atomic E-state index is 13.7. The Morgan fingerprint density at radius 3 is 2.89 bits per heavy atom. The highest BCUT2D eigenvalue weighted by atomic mass is 19.1. The molecular formula is C12H17FN6. The van der Waals surface area contributed by atoms with E-state index in [2.05, 4.69) is 20.5 Å². The molecular weight excluding hydrogens is 247 g/mol. The average Bonchev–Trinajstić information content (AvgIpc) is 2.85. The van der Waals surface area contributed by atoms with Crippen LogP contribution in [-0.4, -0.2) is 19.7 Å². The molecule has 102 valence electrons. The molecule has 2 rings (SSSR count). The summed E-state index contributed by atoms with van der Waals surface area (Å²) < 4.78 is 15.5. The molecule has 0 amide bonds. The SMILES string of the molecule is CC(C)n1ncnc1CC(NN)c1ccncc1F. The van der Waals surface area contributed by atoms with Crippen LogP contribution in [0.25, 0.3) is 0 Å². The van der Waals surface area contributed by atoms with Crippen LogP contribution in [-0.2, 0) is 6.42 Å². The number of nitrogens with one attached hydrogen (secondary N) is 1. The van der Waals surface area contributed by atoms with Crippen LogP contribution >= 0.6 is 0 Å². The summed E-state index contributed by atoms with van der Waals surface area (Å²) >= 11 is 0. The molecule has 3 N–H and O–H groups in total. The smallest absolute Gasteiger partial charge is 0.146 e.